The van der Waals surface area contributed by atoms with Crippen molar-refractivity contribution < 1.29 is 4.79 Å². The van der Waals surface area contributed by atoms with Crippen LogP contribution in [-0.4, -0.2) is 32.6 Å². The summed E-state index contributed by atoms with van der Waals surface area (Å²) in [5.74, 6) is 1.24. The third-order valence-electron chi connectivity index (χ3n) is 2.86. The highest BCUT2D eigenvalue weighted by molar-refractivity contribution is 7.99. The Hall–Kier alpha value is -1.86. The highest BCUT2D eigenvalue weighted by Crippen LogP contribution is 2.18. The third-order valence-corrected chi connectivity index (χ3v) is 3.78. The van der Waals surface area contributed by atoms with E-state index in [2.05, 4.69) is 20.5 Å². The van der Waals surface area contributed by atoms with Crippen molar-refractivity contribution in [1.82, 2.24) is 15.2 Å². The fraction of sp³-hybridized carbons (Fsp3) is 0.308. The van der Waals surface area contributed by atoms with Crippen molar-refractivity contribution in [3.05, 3.63) is 30.1 Å². The van der Waals surface area contributed by atoms with E-state index in [0.717, 1.165) is 11.3 Å². The monoisotopic (exact) mass is 291 g/mol. The van der Waals surface area contributed by atoms with Gasteiger partial charge in [-0.25, -0.2) is 4.98 Å². The lowest BCUT2D eigenvalue weighted by Gasteiger charge is -2.09. The Bertz CT molecular complexity index is 581. The zero-order valence-electron chi connectivity index (χ0n) is 11.4. The van der Waals surface area contributed by atoms with Crippen LogP contribution in [0.2, 0.25) is 0 Å². The number of carbonyl (C=O) groups is 1. The van der Waals surface area contributed by atoms with Gasteiger partial charge in [0.15, 0.2) is 5.82 Å². The average Bonchev–Trinajstić information content (AvgIpc) is 2.96. The summed E-state index contributed by atoms with van der Waals surface area (Å²) in [6, 6.07) is 7.39. The number of aromatic nitrogens is 3. The molecule has 0 bridgehead atoms. The molecule has 0 spiro atoms. The van der Waals surface area contributed by atoms with Gasteiger partial charge in [0.1, 0.15) is 5.82 Å². The van der Waals surface area contributed by atoms with Crippen LogP contribution in [0.3, 0.4) is 0 Å². The molecule has 0 aliphatic rings. The molecule has 0 radical (unpaired) electrons. The number of benzene rings is 1. The molecule has 1 heterocycles. The molecule has 106 valence electrons. The van der Waals surface area contributed by atoms with Crippen molar-refractivity contribution in [3.8, 4) is 11.4 Å². The summed E-state index contributed by atoms with van der Waals surface area (Å²) in [5, 5.41) is 9.63. The Morgan fingerprint density at radius 1 is 1.45 bits per heavy atom. The van der Waals surface area contributed by atoms with Crippen LogP contribution in [0.1, 0.15) is 12.7 Å². The van der Waals surface area contributed by atoms with Crippen LogP contribution in [0.25, 0.3) is 11.4 Å². The smallest absolute Gasteiger partial charge is 0.237 e. The maximum Gasteiger partial charge on any atom is 0.237 e. The first-order chi connectivity index (χ1) is 9.63. The molecular weight excluding hydrogens is 274 g/mol. The van der Waals surface area contributed by atoms with Gasteiger partial charge in [0.2, 0.25) is 5.91 Å². The van der Waals surface area contributed by atoms with Crippen molar-refractivity contribution in [1.29, 1.82) is 0 Å². The normalized spacial score (nSPS) is 12.2. The van der Waals surface area contributed by atoms with Crippen LogP contribution in [-0.2, 0) is 11.3 Å². The summed E-state index contributed by atoms with van der Waals surface area (Å²) in [6.07, 6.45) is 1.91. The molecule has 1 aromatic carbocycles. The zero-order chi connectivity index (χ0) is 14.5. The highest BCUT2D eigenvalue weighted by Gasteiger charge is 2.11. The molecule has 1 aromatic heterocycles. The number of nitrogens with zero attached hydrogens (tertiary/aromatic N) is 2. The lowest BCUT2D eigenvalue weighted by Crippen LogP contribution is -2.21. The van der Waals surface area contributed by atoms with Crippen molar-refractivity contribution in [3.63, 3.8) is 0 Å². The Balaban J connectivity index is 2.08. The van der Waals surface area contributed by atoms with Gasteiger partial charge in [-0.1, -0.05) is 0 Å². The minimum Gasteiger partial charge on any atom is -0.325 e. The van der Waals surface area contributed by atoms with Crippen LogP contribution in [0.4, 0.5) is 5.69 Å². The van der Waals surface area contributed by atoms with Gasteiger partial charge in [0.05, 0.1) is 11.8 Å². The van der Waals surface area contributed by atoms with Gasteiger partial charge in [-0.15, -0.1) is 0 Å². The molecule has 2 aromatic rings. The van der Waals surface area contributed by atoms with Crippen molar-refractivity contribution in [2.75, 3.05) is 11.6 Å². The van der Waals surface area contributed by atoms with Crippen LogP contribution >= 0.6 is 11.8 Å². The highest BCUT2D eigenvalue weighted by atomic mass is 32.2. The van der Waals surface area contributed by atoms with Gasteiger partial charge < -0.3 is 11.1 Å². The van der Waals surface area contributed by atoms with Crippen LogP contribution < -0.4 is 11.1 Å². The fourth-order valence-electron chi connectivity index (χ4n) is 1.57. The van der Waals surface area contributed by atoms with E-state index in [1.807, 2.05) is 37.4 Å². The number of hydrogen-bond donors (Lipinski definition) is 3. The number of carbonyl (C=O) groups excluding carboxylic acids is 1. The van der Waals surface area contributed by atoms with Crippen molar-refractivity contribution in [2.45, 2.75) is 18.7 Å². The predicted octanol–water partition coefficient (Wildman–Crippen LogP) is 1.62. The first-order valence-corrected chi connectivity index (χ1v) is 7.48. The number of amides is 1. The summed E-state index contributed by atoms with van der Waals surface area (Å²) in [6.45, 7) is 2.20. The molecule has 0 fully saturated rings. The lowest BCUT2D eigenvalue weighted by molar-refractivity contribution is -0.115. The molecule has 7 heteroatoms. The largest absolute Gasteiger partial charge is 0.325 e. The van der Waals surface area contributed by atoms with Crippen molar-refractivity contribution in [2.24, 2.45) is 5.73 Å². The van der Waals surface area contributed by atoms with Gasteiger partial charge in [-0.3, -0.25) is 9.89 Å². The molecule has 1 unspecified atom stereocenters. The molecule has 1 atom stereocenters. The van der Waals surface area contributed by atoms with Crippen LogP contribution in [0.5, 0.6) is 0 Å². The second-order valence-electron chi connectivity index (χ2n) is 4.25. The molecule has 1 amide bonds. The summed E-state index contributed by atoms with van der Waals surface area (Å²) in [7, 11) is 0. The van der Waals surface area contributed by atoms with Crippen LogP contribution in [0, 0.1) is 0 Å². The number of nitrogens with one attached hydrogen (secondary N) is 2. The SMILES string of the molecule is CSC(C)C(=O)Nc1ccc(-c2n[nH]c(CN)n2)cc1. The fourth-order valence-corrected chi connectivity index (χ4v) is 1.84. The zero-order valence-corrected chi connectivity index (χ0v) is 12.2. The molecule has 0 saturated carbocycles. The molecule has 0 aliphatic carbocycles. The number of aromatic amines is 1. The molecule has 0 aliphatic heterocycles. The summed E-state index contributed by atoms with van der Waals surface area (Å²) >= 11 is 1.51. The topological polar surface area (TPSA) is 96.7 Å². The first-order valence-electron chi connectivity index (χ1n) is 6.19. The number of hydrogen-bond acceptors (Lipinski definition) is 5. The van der Waals surface area contributed by atoms with E-state index < -0.39 is 0 Å². The molecule has 2 rings (SSSR count). The Labute approximate surface area is 121 Å². The molecule has 0 saturated heterocycles. The predicted molar refractivity (Wildman–Crippen MR) is 81.3 cm³/mol. The van der Waals surface area contributed by atoms with Gasteiger partial charge in [-0.2, -0.15) is 16.9 Å². The second-order valence-corrected chi connectivity index (χ2v) is 5.43. The number of nitrogens with two attached hydrogens (primary N) is 1. The van der Waals surface area contributed by atoms with Crippen molar-refractivity contribution >= 4 is 23.4 Å². The number of anilines is 1. The quantitative estimate of drug-likeness (QED) is 0.778. The Morgan fingerprint density at radius 3 is 2.70 bits per heavy atom. The molecule has 20 heavy (non-hydrogen) atoms. The van der Waals surface area contributed by atoms with E-state index in [1.165, 1.54) is 11.8 Å². The number of thioether (sulfide) groups is 1. The third kappa shape index (κ3) is 3.37. The van der Waals surface area contributed by atoms with Gasteiger partial charge in [-0.05, 0) is 37.4 Å². The van der Waals surface area contributed by atoms with Gasteiger partial charge >= 0.3 is 0 Å². The van der Waals surface area contributed by atoms with E-state index in [4.69, 9.17) is 5.73 Å². The number of rotatable bonds is 5. The van der Waals surface area contributed by atoms with E-state index >= 15 is 0 Å². The first kappa shape index (κ1) is 14.5. The van der Waals surface area contributed by atoms with E-state index in [1.54, 1.807) is 0 Å². The van der Waals surface area contributed by atoms with E-state index in [9.17, 15) is 4.79 Å². The minimum atomic E-state index is -0.0743. The van der Waals surface area contributed by atoms with E-state index in [-0.39, 0.29) is 11.2 Å². The maximum atomic E-state index is 11.8. The van der Waals surface area contributed by atoms with Gasteiger partial charge in [0.25, 0.3) is 0 Å². The lowest BCUT2D eigenvalue weighted by atomic mass is 10.2. The summed E-state index contributed by atoms with van der Waals surface area (Å²) < 4.78 is 0. The minimum absolute atomic E-state index is 0.00596. The molecular formula is C13H17N5OS. The van der Waals surface area contributed by atoms with Gasteiger partial charge in [0, 0.05) is 11.3 Å². The second kappa shape index (κ2) is 6.53. The van der Waals surface area contributed by atoms with Crippen LogP contribution in [0.15, 0.2) is 24.3 Å². The summed E-state index contributed by atoms with van der Waals surface area (Å²) in [5.41, 5.74) is 7.11. The standard InChI is InChI=1S/C13H17N5OS/c1-8(20-2)13(19)15-10-5-3-9(4-6-10)12-16-11(7-14)17-18-12/h3-6,8H,7,14H2,1-2H3,(H,15,19)(H,16,17,18). The number of H-pyrrole nitrogens is 1. The molecule has 4 N–H and O–H groups in total. The average molecular weight is 291 g/mol. The maximum absolute atomic E-state index is 11.8. The summed E-state index contributed by atoms with van der Waals surface area (Å²) in [4.78, 5) is 16.0. The van der Waals surface area contributed by atoms with E-state index in [0.29, 0.717) is 18.2 Å². The Morgan fingerprint density at radius 2 is 2.15 bits per heavy atom. The molecule has 6 nitrogen and oxygen atoms in total. The Kier molecular flexibility index (Phi) is 4.75.